The van der Waals surface area contributed by atoms with Gasteiger partial charge in [-0.05, 0) is 17.7 Å². The second kappa shape index (κ2) is 5.70. The van der Waals surface area contributed by atoms with Gasteiger partial charge in [-0.15, -0.1) is 0 Å². The van der Waals surface area contributed by atoms with E-state index in [0.29, 0.717) is 25.6 Å². The first-order valence-electron chi connectivity index (χ1n) is 5.64. The van der Waals surface area contributed by atoms with Crippen LogP contribution in [-0.2, 0) is 16.1 Å². The molecule has 0 aromatic heterocycles. The Balaban J connectivity index is 1.88. The number of hydrogen-bond acceptors (Lipinski definition) is 5. The predicted molar refractivity (Wildman–Crippen MR) is 64.0 cm³/mol. The molecule has 1 aliphatic rings. The van der Waals surface area contributed by atoms with E-state index in [0.717, 1.165) is 16.3 Å². The van der Waals surface area contributed by atoms with Gasteiger partial charge < -0.3 is 14.2 Å². The average molecular weight is 252 g/mol. The predicted octanol–water partition coefficient (Wildman–Crippen LogP) is 0.307. The van der Waals surface area contributed by atoms with Gasteiger partial charge in [-0.1, -0.05) is 6.07 Å². The largest absolute Gasteiger partial charge is 0.486 e. The second-order valence-electron chi connectivity index (χ2n) is 3.98. The fraction of sp³-hybridized carbons (Fsp3) is 0.417. The van der Waals surface area contributed by atoms with Gasteiger partial charge in [0.1, 0.15) is 19.8 Å². The number of amides is 1. The molecule has 2 N–H and O–H groups in total. The van der Waals surface area contributed by atoms with Crippen LogP contribution in [0.3, 0.4) is 0 Å². The molecule has 1 heterocycles. The van der Waals surface area contributed by atoms with Crippen LogP contribution in [-0.4, -0.2) is 37.8 Å². The fourth-order valence-corrected chi connectivity index (χ4v) is 1.54. The quantitative estimate of drug-likeness (QED) is 0.474. The molecule has 0 unspecified atom stereocenters. The van der Waals surface area contributed by atoms with Crippen molar-refractivity contribution in [2.75, 3.05) is 26.9 Å². The van der Waals surface area contributed by atoms with Crippen LogP contribution in [0.5, 0.6) is 11.5 Å². The highest BCUT2D eigenvalue weighted by molar-refractivity contribution is 5.76. The van der Waals surface area contributed by atoms with Crippen molar-refractivity contribution in [1.29, 1.82) is 0 Å². The molecule has 0 saturated heterocycles. The molecule has 0 saturated carbocycles. The van der Waals surface area contributed by atoms with E-state index in [1.807, 2.05) is 18.2 Å². The molecule has 2 rings (SSSR count). The van der Waals surface area contributed by atoms with Crippen LogP contribution in [0, 0.1) is 0 Å². The van der Waals surface area contributed by atoms with Crippen molar-refractivity contribution < 1.29 is 19.0 Å². The fourth-order valence-electron chi connectivity index (χ4n) is 1.54. The lowest BCUT2D eigenvalue weighted by molar-refractivity contribution is -0.135. The van der Waals surface area contributed by atoms with Crippen LogP contribution in [0.25, 0.3) is 0 Å². The Labute approximate surface area is 105 Å². The minimum absolute atomic E-state index is 0.0402. The lowest BCUT2D eigenvalue weighted by atomic mass is 10.2. The second-order valence-corrected chi connectivity index (χ2v) is 3.98. The Morgan fingerprint density at radius 1 is 1.39 bits per heavy atom. The molecule has 0 fully saturated rings. The molecule has 0 spiro atoms. The molecule has 1 aliphatic heterocycles. The summed E-state index contributed by atoms with van der Waals surface area (Å²) < 4.78 is 16.1. The van der Waals surface area contributed by atoms with Crippen molar-refractivity contribution in [3.63, 3.8) is 0 Å². The van der Waals surface area contributed by atoms with Crippen LogP contribution < -0.4 is 15.3 Å². The Morgan fingerprint density at radius 3 is 2.83 bits per heavy atom. The summed E-state index contributed by atoms with van der Waals surface area (Å²) in [5, 5.41) is 1.00. The van der Waals surface area contributed by atoms with Gasteiger partial charge in [-0.2, -0.15) is 0 Å². The van der Waals surface area contributed by atoms with E-state index < -0.39 is 0 Å². The minimum Gasteiger partial charge on any atom is -0.486 e. The number of fused-ring (bicyclic) bond motifs is 1. The number of ether oxygens (including phenoxy) is 3. The van der Waals surface area contributed by atoms with Gasteiger partial charge in [0.15, 0.2) is 11.5 Å². The maximum absolute atomic E-state index is 11.2. The number of hydrazine groups is 1. The zero-order valence-corrected chi connectivity index (χ0v) is 10.2. The van der Waals surface area contributed by atoms with E-state index in [-0.39, 0.29) is 12.5 Å². The van der Waals surface area contributed by atoms with Crippen molar-refractivity contribution >= 4 is 5.91 Å². The zero-order valence-electron chi connectivity index (χ0n) is 10.2. The molecule has 0 bridgehead atoms. The number of benzene rings is 1. The smallest absolute Gasteiger partial charge is 0.262 e. The highest BCUT2D eigenvalue weighted by atomic mass is 16.6. The maximum Gasteiger partial charge on any atom is 0.262 e. The van der Waals surface area contributed by atoms with E-state index in [1.54, 1.807) is 0 Å². The molecule has 1 aromatic carbocycles. The Morgan fingerprint density at radius 2 is 2.11 bits per heavy atom. The molecule has 6 heteroatoms. The lowest BCUT2D eigenvalue weighted by Crippen LogP contribution is -2.35. The van der Waals surface area contributed by atoms with Gasteiger partial charge in [0.05, 0.1) is 6.61 Å². The first kappa shape index (κ1) is 12.7. The zero-order chi connectivity index (χ0) is 13.0. The SMILES string of the molecule is CN(N)C(=O)COCc1ccc2c(c1)OCCO2. The van der Waals surface area contributed by atoms with Crippen LogP contribution in [0.15, 0.2) is 18.2 Å². The third-order valence-electron chi connectivity index (χ3n) is 2.49. The number of carbonyl (C=O) groups excluding carboxylic acids is 1. The van der Waals surface area contributed by atoms with Gasteiger partial charge in [-0.3, -0.25) is 9.80 Å². The van der Waals surface area contributed by atoms with Crippen LogP contribution >= 0.6 is 0 Å². The average Bonchev–Trinajstić information content (AvgIpc) is 2.38. The summed E-state index contributed by atoms with van der Waals surface area (Å²) >= 11 is 0. The van der Waals surface area contributed by atoms with Crippen molar-refractivity contribution in [2.24, 2.45) is 5.84 Å². The van der Waals surface area contributed by atoms with E-state index in [9.17, 15) is 4.79 Å². The van der Waals surface area contributed by atoms with E-state index in [1.165, 1.54) is 7.05 Å². The van der Waals surface area contributed by atoms with E-state index in [2.05, 4.69) is 0 Å². The number of likely N-dealkylation sites (N-methyl/N-ethyl adjacent to an activating group) is 1. The molecule has 0 radical (unpaired) electrons. The standard InChI is InChI=1S/C12H16N2O4/c1-14(13)12(15)8-16-7-9-2-3-10-11(6-9)18-5-4-17-10/h2-3,6H,4-5,7-8,13H2,1H3. The molecule has 98 valence electrons. The molecular formula is C12H16N2O4. The molecule has 6 nitrogen and oxygen atoms in total. The summed E-state index contributed by atoms with van der Waals surface area (Å²) in [4.78, 5) is 11.2. The van der Waals surface area contributed by atoms with Gasteiger partial charge in [0, 0.05) is 7.05 Å². The molecule has 18 heavy (non-hydrogen) atoms. The van der Waals surface area contributed by atoms with Crippen molar-refractivity contribution in [1.82, 2.24) is 5.01 Å². The van der Waals surface area contributed by atoms with Gasteiger partial charge in [0.25, 0.3) is 5.91 Å². The van der Waals surface area contributed by atoms with Crippen LogP contribution in [0.4, 0.5) is 0 Å². The summed E-state index contributed by atoms with van der Waals surface area (Å²) in [6.45, 7) is 1.41. The Hall–Kier alpha value is -1.79. The van der Waals surface area contributed by atoms with Gasteiger partial charge in [0.2, 0.25) is 0 Å². The summed E-state index contributed by atoms with van der Waals surface area (Å²) in [7, 11) is 1.48. The van der Waals surface area contributed by atoms with Crippen LogP contribution in [0.2, 0.25) is 0 Å². The summed E-state index contributed by atoms with van der Waals surface area (Å²) in [5.74, 6) is 6.45. The first-order valence-corrected chi connectivity index (χ1v) is 5.64. The minimum atomic E-state index is -0.271. The third kappa shape index (κ3) is 3.12. The number of rotatable bonds is 4. The van der Waals surface area contributed by atoms with Crippen LogP contribution in [0.1, 0.15) is 5.56 Å². The monoisotopic (exact) mass is 252 g/mol. The number of nitrogens with zero attached hydrogens (tertiary/aromatic N) is 1. The highest BCUT2D eigenvalue weighted by Gasteiger charge is 2.12. The maximum atomic E-state index is 11.2. The highest BCUT2D eigenvalue weighted by Crippen LogP contribution is 2.30. The summed E-state index contributed by atoms with van der Waals surface area (Å²) in [6, 6.07) is 5.57. The van der Waals surface area contributed by atoms with Crippen molar-refractivity contribution in [3.05, 3.63) is 23.8 Å². The van der Waals surface area contributed by atoms with Crippen molar-refractivity contribution in [3.8, 4) is 11.5 Å². The number of carbonyl (C=O) groups is 1. The topological polar surface area (TPSA) is 74.0 Å². The number of hydrogen-bond donors (Lipinski definition) is 1. The molecule has 0 aliphatic carbocycles. The Kier molecular flexibility index (Phi) is 4.01. The van der Waals surface area contributed by atoms with Gasteiger partial charge >= 0.3 is 0 Å². The Bertz CT molecular complexity index is 434. The summed E-state index contributed by atoms with van der Waals surface area (Å²) in [5.41, 5.74) is 0.923. The van der Waals surface area contributed by atoms with Gasteiger partial charge in [-0.25, -0.2) is 5.84 Å². The van der Waals surface area contributed by atoms with Crippen molar-refractivity contribution in [2.45, 2.75) is 6.61 Å². The summed E-state index contributed by atoms with van der Waals surface area (Å²) in [6.07, 6.45) is 0. The van der Waals surface area contributed by atoms with E-state index >= 15 is 0 Å². The molecule has 1 amide bonds. The molecule has 1 aromatic rings. The first-order chi connectivity index (χ1) is 8.66. The normalized spacial score (nSPS) is 13.2. The number of nitrogens with two attached hydrogens (primary N) is 1. The van der Waals surface area contributed by atoms with E-state index in [4.69, 9.17) is 20.1 Å². The third-order valence-corrected chi connectivity index (χ3v) is 2.49. The molecular weight excluding hydrogens is 236 g/mol. The lowest BCUT2D eigenvalue weighted by Gasteiger charge is -2.18. The molecule has 0 atom stereocenters.